The number of nitrogens with zero attached hydrogens (tertiary/aromatic N) is 2. The predicted octanol–water partition coefficient (Wildman–Crippen LogP) is 2.97. The Balaban J connectivity index is 1.69. The van der Waals surface area contributed by atoms with Crippen molar-refractivity contribution in [2.24, 2.45) is 5.92 Å². The summed E-state index contributed by atoms with van der Waals surface area (Å²) in [6.45, 7) is 6.32. The summed E-state index contributed by atoms with van der Waals surface area (Å²) in [5.41, 5.74) is 2.29. The van der Waals surface area contributed by atoms with Crippen LogP contribution in [-0.4, -0.2) is 43.7 Å². The molecule has 2 heterocycles. The lowest BCUT2D eigenvalue weighted by molar-refractivity contribution is -0.126. The Labute approximate surface area is 147 Å². The number of rotatable bonds is 5. The van der Waals surface area contributed by atoms with Gasteiger partial charge in [0.25, 0.3) is 0 Å². The number of aromatic nitrogens is 1. The highest BCUT2D eigenvalue weighted by atomic mass is 32.1. The minimum absolute atomic E-state index is 0.0202. The van der Waals surface area contributed by atoms with Gasteiger partial charge >= 0.3 is 0 Å². The summed E-state index contributed by atoms with van der Waals surface area (Å²) in [5, 5.41) is 4.07. The maximum absolute atomic E-state index is 12.5. The second-order valence-corrected chi connectivity index (χ2v) is 7.63. The number of carbonyl (C=O) groups excluding carboxylic acids is 1. The summed E-state index contributed by atoms with van der Waals surface area (Å²) in [7, 11) is 1.65. The number of amides is 1. The molecule has 1 aliphatic rings. The number of thiazole rings is 1. The van der Waals surface area contributed by atoms with E-state index in [1.807, 2.05) is 6.92 Å². The molecule has 1 aliphatic heterocycles. The minimum Gasteiger partial charge on any atom is -0.383 e. The quantitative estimate of drug-likeness (QED) is 0.903. The van der Waals surface area contributed by atoms with Gasteiger partial charge in [-0.1, -0.05) is 17.4 Å². The van der Waals surface area contributed by atoms with E-state index in [0.717, 1.165) is 36.6 Å². The number of nitrogens with one attached hydrogen (secondary N) is 1. The van der Waals surface area contributed by atoms with Gasteiger partial charge in [0.15, 0.2) is 5.13 Å². The Hall–Kier alpha value is -1.66. The smallest absolute Gasteiger partial charge is 0.225 e. The van der Waals surface area contributed by atoms with Crippen LogP contribution in [0, 0.1) is 12.8 Å². The van der Waals surface area contributed by atoms with Crippen molar-refractivity contribution < 1.29 is 9.53 Å². The van der Waals surface area contributed by atoms with E-state index in [0.29, 0.717) is 6.61 Å². The Bertz CT molecular complexity index is 715. The zero-order chi connectivity index (χ0) is 17.1. The molecule has 1 aromatic heterocycles. The molecule has 5 nitrogen and oxygen atoms in total. The predicted molar refractivity (Wildman–Crippen MR) is 98.8 cm³/mol. The number of hydrogen-bond donors (Lipinski definition) is 1. The molecule has 0 radical (unpaired) electrons. The Kier molecular flexibility index (Phi) is 5.36. The van der Waals surface area contributed by atoms with Crippen molar-refractivity contribution in [2.45, 2.75) is 32.7 Å². The summed E-state index contributed by atoms with van der Waals surface area (Å²) in [4.78, 5) is 19.5. The van der Waals surface area contributed by atoms with Gasteiger partial charge in [-0.25, -0.2) is 4.98 Å². The average molecular weight is 347 g/mol. The van der Waals surface area contributed by atoms with Gasteiger partial charge in [0.05, 0.1) is 22.7 Å². The van der Waals surface area contributed by atoms with Crippen LogP contribution >= 0.6 is 11.3 Å². The maximum Gasteiger partial charge on any atom is 0.225 e. The molecule has 130 valence electrons. The Morgan fingerprint density at radius 2 is 2.38 bits per heavy atom. The van der Waals surface area contributed by atoms with Crippen molar-refractivity contribution in [1.82, 2.24) is 10.3 Å². The third kappa shape index (κ3) is 3.87. The highest BCUT2D eigenvalue weighted by Crippen LogP contribution is 2.32. The Morgan fingerprint density at radius 1 is 1.54 bits per heavy atom. The monoisotopic (exact) mass is 347 g/mol. The molecule has 6 heteroatoms. The lowest BCUT2D eigenvalue weighted by Crippen LogP contribution is -2.46. The summed E-state index contributed by atoms with van der Waals surface area (Å²) >= 11 is 1.72. The van der Waals surface area contributed by atoms with Crippen molar-refractivity contribution in [3.8, 4) is 0 Å². The number of methoxy groups -OCH3 is 1. The first kappa shape index (κ1) is 17.2. The highest BCUT2D eigenvalue weighted by molar-refractivity contribution is 7.22. The number of carbonyl (C=O) groups is 1. The first-order valence-electron chi connectivity index (χ1n) is 8.48. The van der Waals surface area contributed by atoms with E-state index in [2.05, 4.69) is 35.3 Å². The molecule has 0 spiro atoms. The van der Waals surface area contributed by atoms with Crippen LogP contribution in [0.3, 0.4) is 0 Å². The normalized spacial score (nSPS) is 19.5. The molecule has 0 saturated carbocycles. The van der Waals surface area contributed by atoms with Crippen LogP contribution in [0.4, 0.5) is 5.13 Å². The van der Waals surface area contributed by atoms with Crippen molar-refractivity contribution in [3.63, 3.8) is 0 Å². The van der Waals surface area contributed by atoms with Gasteiger partial charge in [0.2, 0.25) is 5.91 Å². The van der Waals surface area contributed by atoms with Crippen LogP contribution < -0.4 is 10.2 Å². The molecule has 1 aromatic carbocycles. The summed E-state index contributed by atoms with van der Waals surface area (Å²) in [6, 6.07) is 6.39. The zero-order valence-electron chi connectivity index (χ0n) is 14.5. The van der Waals surface area contributed by atoms with Gasteiger partial charge in [-0.3, -0.25) is 4.79 Å². The van der Waals surface area contributed by atoms with E-state index < -0.39 is 0 Å². The molecule has 24 heavy (non-hydrogen) atoms. The molecule has 0 aliphatic carbocycles. The standard InChI is InChI=1S/C18H25N3O2S/c1-12-6-7-15-16(9-12)24-18(20-15)21-8-4-5-14(10-21)17(22)19-13(2)11-23-3/h6-7,9,13-14H,4-5,8,10-11H2,1-3H3,(H,19,22). The summed E-state index contributed by atoms with van der Waals surface area (Å²) < 4.78 is 6.31. The van der Waals surface area contributed by atoms with E-state index in [1.165, 1.54) is 10.3 Å². The lowest BCUT2D eigenvalue weighted by atomic mass is 9.97. The van der Waals surface area contributed by atoms with Gasteiger partial charge in [-0.2, -0.15) is 0 Å². The zero-order valence-corrected chi connectivity index (χ0v) is 15.4. The molecule has 0 bridgehead atoms. The second kappa shape index (κ2) is 7.49. The molecular weight excluding hydrogens is 322 g/mol. The van der Waals surface area contributed by atoms with Crippen LogP contribution in [0.15, 0.2) is 18.2 Å². The average Bonchev–Trinajstić information content (AvgIpc) is 2.98. The molecule has 1 fully saturated rings. The van der Waals surface area contributed by atoms with Crippen LogP contribution in [-0.2, 0) is 9.53 Å². The second-order valence-electron chi connectivity index (χ2n) is 6.62. The number of benzene rings is 1. The molecular formula is C18H25N3O2S. The van der Waals surface area contributed by atoms with E-state index >= 15 is 0 Å². The fourth-order valence-electron chi connectivity index (χ4n) is 3.17. The fraction of sp³-hybridized carbons (Fsp3) is 0.556. The van der Waals surface area contributed by atoms with Crippen molar-refractivity contribution in [2.75, 3.05) is 31.7 Å². The number of anilines is 1. The fourth-order valence-corrected chi connectivity index (χ4v) is 4.27. The van der Waals surface area contributed by atoms with E-state index in [4.69, 9.17) is 9.72 Å². The largest absolute Gasteiger partial charge is 0.383 e. The third-order valence-electron chi connectivity index (χ3n) is 4.40. The molecule has 1 N–H and O–H groups in total. The van der Waals surface area contributed by atoms with E-state index in [9.17, 15) is 4.79 Å². The summed E-state index contributed by atoms with van der Waals surface area (Å²) in [6.07, 6.45) is 1.96. The molecule has 1 amide bonds. The van der Waals surface area contributed by atoms with Gasteiger partial charge in [0, 0.05) is 26.2 Å². The molecule has 2 aromatic rings. The molecule has 3 rings (SSSR count). The van der Waals surface area contributed by atoms with Gasteiger partial charge < -0.3 is 15.0 Å². The van der Waals surface area contributed by atoms with Gasteiger partial charge in [-0.05, 0) is 44.4 Å². The van der Waals surface area contributed by atoms with Crippen LogP contribution in [0.25, 0.3) is 10.2 Å². The van der Waals surface area contributed by atoms with Crippen LogP contribution in [0.1, 0.15) is 25.3 Å². The van der Waals surface area contributed by atoms with E-state index in [-0.39, 0.29) is 17.9 Å². The maximum atomic E-state index is 12.5. The number of fused-ring (bicyclic) bond motifs is 1. The van der Waals surface area contributed by atoms with Crippen molar-refractivity contribution >= 4 is 32.6 Å². The van der Waals surface area contributed by atoms with Crippen molar-refractivity contribution in [1.29, 1.82) is 0 Å². The minimum atomic E-state index is 0.0202. The van der Waals surface area contributed by atoms with Gasteiger partial charge in [-0.15, -0.1) is 0 Å². The first-order chi connectivity index (χ1) is 11.6. The van der Waals surface area contributed by atoms with Crippen LogP contribution in [0.2, 0.25) is 0 Å². The van der Waals surface area contributed by atoms with Crippen LogP contribution in [0.5, 0.6) is 0 Å². The molecule has 2 atom stereocenters. The number of piperidine rings is 1. The number of hydrogen-bond acceptors (Lipinski definition) is 5. The topological polar surface area (TPSA) is 54.5 Å². The SMILES string of the molecule is COCC(C)NC(=O)C1CCCN(c2nc3ccc(C)cc3s2)C1. The lowest BCUT2D eigenvalue weighted by Gasteiger charge is -2.32. The van der Waals surface area contributed by atoms with Crippen molar-refractivity contribution in [3.05, 3.63) is 23.8 Å². The number of ether oxygens (including phenoxy) is 1. The third-order valence-corrected chi connectivity index (χ3v) is 5.48. The molecule has 2 unspecified atom stereocenters. The Morgan fingerprint density at radius 3 is 3.17 bits per heavy atom. The van der Waals surface area contributed by atoms with E-state index in [1.54, 1.807) is 18.4 Å². The highest BCUT2D eigenvalue weighted by Gasteiger charge is 2.28. The summed E-state index contributed by atoms with van der Waals surface area (Å²) in [5.74, 6) is 0.146. The molecule has 1 saturated heterocycles. The van der Waals surface area contributed by atoms with Gasteiger partial charge in [0.1, 0.15) is 0 Å². The first-order valence-corrected chi connectivity index (χ1v) is 9.30. The number of aryl methyl sites for hydroxylation is 1.